The number of nitrogens with zero attached hydrogens (tertiary/aromatic N) is 2. The fourth-order valence-corrected chi connectivity index (χ4v) is 3.67. The molecule has 0 saturated heterocycles. The summed E-state index contributed by atoms with van der Waals surface area (Å²) in [6, 6.07) is 20.7. The van der Waals surface area contributed by atoms with Gasteiger partial charge in [0.2, 0.25) is 11.8 Å². The second-order valence-electron chi connectivity index (χ2n) is 7.80. The van der Waals surface area contributed by atoms with Gasteiger partial charge in [-0.05, 0) is 73.0 Å². The van der Waals surface area contributed by atoms with E-state index in [4.69, 9.17) is 9.73 Å². The van der Waals surface area contributed by atoms with Crippen LogP contribution in [0.5, 0.6) is 5.75 Å². The number of carbonyl (C=O) groups excluding carboxylic acids is 2. The van der Waals surface area contributed by atoms with Crippen molar-refractivity contribution in [1.29, 1.82) is 0 Å². The lowest BCUT2D eigenvalue weighted by Crippen LogP contribution is -2.38. The van der Waals surface area contributed by atoms with Crippen LogP contribution in [0.4, 0.5) is 17.1 Å². The van der Waals surface area contributed by atoms with E-state index < -0.39 is 0 Å². The number of benzene rings is 3. The largest absolute Gasteiger partial charge is 0.497 e. The van der Waals surface area contributed by atoms with Crippen molar-refractivity contribution < 1.29 is 14.3 Å². The van der Waals surface area contributed by atoms with E-state index in [1.165, 1.54) is 4.90 Å². The van der Waals surface area contributed by atoms with Crippen LogP contribution in [0.2, 0.25) is 0 Å². The molecular weight excluding hydrogens is 402 g/mol. The first-order chi connectivity index (χ1) is 15.4. The molecule has 162 valence electrons. The van der Waals surface area contributed by atoms with Crippen molar-refractivity contribution in [2.45, 2.75) is 20.3 Å². The number of amides is 2. The summed E-state index contributed by atoms with van der Waals surface area (Å²) in [4.78, 5) is 32.4. The topological polar surface area (TPSA) is 71.0 Å². The van der Waals surface area contributed by atoms with Crippen molar-refractivity contribution in [3.8, 4) is 5.75 Å². The van der Waals surface area contributed by atoms with Crippen LogP contribution in [0.15, 0.2) is 71.7 Å². The van der Waals surface area contributed by atoms with Gasteiger partial charge in [-0.25, -0.2) is 0 Å². The molecule has 4 rings (SSSR count). The van der Waals surface area contributed by atoms with E-state index in [2.05, 4.69) is 5.32 Å². The summed E-state index contributed by atoms with van der Waals surface area (Å²) in [7, 11) is 1.61. The van der Waals surface area contributed by atoms with Crippen molar-refractivity contribution in [2.75, 3.05) is 23.9 Å². The number of rotatable bonds is 5. The van der Waals surface area contributed by atoms with E-state index in [-0.39, 0.29) is 24.8 Å². The maximum atomic E-state index is 13.2. The zero-order valence-electron chi connectivity index (χ0n) is 18.4. The Bertz CT molecular complexity index is 1200. The number of hydrogen-bond acceptors (Lipinski definition) is 4. The lowest BCUT2D eigenvalue weighted by atomic mass is 10.1. The lowest BCUT2D eigenvalue weighted by Gasteiger charge is -2.22. The molecule has 6 heteroatoms. The molecule has 0 radical (unpaired) electrons. The van der Waals surface area contributed by atoms with E-state index >= 15 is 0 Å². The highest BCUT2D eigenvalue weighted by Gasteiger charge is 2.26. The van der Waals surface area contributed by atoms with Gasteiger partial charge in [0, 0.05) is 5.69 Å². The van der Waals surface area contributed by atoms with Gasteiger partial charge in [0.05, 0.1) is 30.6 Å². The van der Waals surface area contributed by atoms with Crippen LogP contribution < -0.4 is 15.0 Å². The minimum atomic E-state index is -0.255. The molecule has 0 aliphatic carbocycles. The third-order valence-electron chi connectivity index (χ3n) is 5.44. The van der Waals surface area contributed by atoms with Crippen molar-refractivity contribution >= 4 is 34.6 Å². The number of ether oxygens (including phenoxy) is 1. The predicted molar refractivity (Wildman–Crippen MR) is 127 cm³/mol. The second-order valence-corrected chi connectivity index (χ2v) is 7.80. The van der Waals surface area contributed by atoms with E-state index in [0.717, 1.165) is 28.1 Å². The third-order valence-corrected chi connectivity index (χ3v) is 5.44. The van der Waals surface area contributed by atoms with Gasteiger partial charge in [0.25, 0.3) is 0 Å². The fourth-order valence-electron chi connectivity index (χ4n) is 3.67. The molecule has 0 unspecified atom stereocenters. The number of methoxy groups -OCH3 is 1. The SMILES string of the molecule is COc1ccc(C2=Nc3ccccc3N(CC(=O)Nc3cc(C)ccc3C)C(=O)C2)cc1. The minimum Gasteiger partial charge on any atom is -0.497 e. The molecule has 2 amide bonds. The molecule has 1 heterocycles. The quantitative estimate of drug-likeness (QED) is 0.635. The van der Waals surface area contributed by atoms with Crippen LogP contribution in [-0.4, -0.2) is 31.2 Å². The minimum absolute atomic E-state index is 0.0886. The molecule has 0 spiro atoms. The first-order valence-corrected chi connectivity index (χ1v) is 10.4. The molecule has 3 aromatic rings. The molecule has 1 N–H and O–H groups in total. The number of carbonyl (C=O) groups is 2. The Labute approximate surface area is 187 Å². The molecule has 32 heavy (non-hydrogen) atoms. The number of nitrogens with one attached hydrogen (secondary N) is 1. The number of aliphatic imine (C=N–C) groups is 1. The van der Waals surface area contributed by atoms with Crippen LogP contribution in [0, 0.1) is 13.8 Å². The first-order valence-electron chi connectivity index (χ1n) is 10.4. The molecule has 0 fully saturated rings. The van der Waals surface area contributed by atoms with Crippen molar-refractivity contribution in [3.05, 3.63) is 83.4 Å². The van der Waals surface area contributed by atoms with Gasteiger partial charge in [-0.15, -0.1) is 0 Å². The molecule has 3 aromatic carbocycles. The van der Waals surface area contributed by atoms with Crippen LogP contribution >= 0.6 is 0 Å². The van der Waals surface area contributed by atoms with Crippen LogP contribution in [0.1, 0.15) is 23.1 Å². The van der Waals surface area contributed by atoms with E-state index in [9.17, 15) is 9.59 Å². The summed E-state index contributed by atoms with van der Waals surface area (Å²) in [6.07, 6.45) is 0.0950. The average Bonchev–Trinajstić information content (AvgIpc) is 2.93. The summed E-state index contributed by atoms with van der Waals surface area (Å²) >= 11 is 0. The highest BCUT2D eigenvalue weighted by atomic mass is 16.5. The number of fused-ring (bicyclic) bond motifs is 1. The maximum Gasteiger partial charge on any atom is 0.244 e. The molecular formula is C26H25N3O3. The van der Waals surface area contributed by atoms with Crippen LogP contribution in [0.25, 0.3) is 0 Å². The van der Waals surface area contributed by atoms with Gasteiger partial charge in [-0.3, -0.25) is 14.6 Å². The monoisotopic (exact) mass is 427 g/mol. The number of anilines is 2. The number of hydrogen-bond donors (Lipinski definition) is 1. The van der Waals surface area contributed by atoms with Crippen molar-refractivity contribution in [1.82, 2.24) is 0 Å². The maximum absolute atomic E-state index is 13.2. The molecule has 0 saturated carbocycles. The summed E-state index contributed by atoms with van der Waals surface area (Å²) in [5.74, 6) is 0.301. The molecule has 0 aromatic heterocycles. The Hall–Kier alpha value is -3.93. The van der Waals surface area contributed by atoms with Gasteiger partial charge in [-0.1, -0.05) is 24.3 Å². The average molecular weight is 428 g/mol. The normalized spacial score (nSPS) is 13.2. The number of aryl methyl sites for hydroxylation is 2. The summed E-state index contributed by atoms with van der Waals surface area (Å²) in [5.41, 5.74) is 5.55. The first kappa shape index (κ1) is 21.3. The second kappa shape index (κ2) is 9.06. The van der Waals surface area contributed by atoms with E-state index in [0.29, 0.717) is 17.1 Å². The molecule has 1 aliphatic heterocycles. The zero-order valence-corrected chi connectivity index (χ0v) is 18.4. The van der Waals surface area contributed by atoms with E-state index in [1.807, 2.05) is 80.6 Å². The zero-order chi connectivity index (χ0) is 22.7. The Morgan fingerprint density at radius 1 is 1.06 bits per heavy atom. The van der Waals surface area contributed by atoms with Crippen LogP contribution in [-0.2, 0) is 9.59 Å². The molecule has 6 nitrogen and oxygen atoms in total. The summed E-state index contributed by atoms with van der Waals surface area (Å²) < 4.78 is 5.22. The van der Waals surface area contributed by atoms with Gasteiger partial charge in [0.1, 0.15) is 12.3 Å². The lowest BCUT2D eigenvalue weighted by molar-refractivity contribution is -0.120. The van der Waals surface area contributed by atoms with Gasteiger partial charge in [-0.2, -0.15) is 0 Å². The van der Waals surface area contributed by atoms with Crippen molar-refractivity contribution in [2.24, 2.45) is 4.99 Å². The van der Waals surface area contributed by atoms with Gasteiger partial charge >= 0.3 is 0 Å². The predicted octanol–water partition coefficient (Wildman–Crippen LogP) is 4.81. The van der Waals surface area contributed by atoms with Crippen LogP contribution in [0.3, 0.4) is 0 Å². The van der Waals surface area contributed by atoms with E-state index in [1.54, 1.807) is 7.11 Å². The Morgan fingerprint density at radius 3 is 2.56 bits per heavy atom. The molecule has 0 bridgehead atoms. The van der Waals surface area contributed by atoms with Gasteiger partial charge in [0.15, 0.2) is 0 Å². The van der Waals surface area contributed by atoms with Gasteiger partial charge < -0.3 is 15.0 Å². The molecule has 0 atom stereocenters. The summed E-state index contributed by atoms with van der Waals surface area (Å²) in [6.45, 7) is 3.83. The Kier molecular flexibility index (Phi) is 6.03. The summed E-state index contributed by atoms with van der Waals surface area (Å²) in [5, 5.41) is 2.94. The standard InChI is InChI=1S/C26H25N3O3/c1-17-8-9-18(2)22(14-17)28-25(30)16-29-24-7-5-4-6-21(24)27-23(15-26(29)31)19-10-12-20(32-3)13-11-19/h4-14H,15-16H2,1-3H3,(H,28,30). The molecule has 1 aliphatic rings. The number of para-hydroxylation sites is 2. The Morgan fingerprint density at radius 2 is 1.81 bits per heavy atom. The highest BCUT2D eigenvalue weighted by molar-refractivity contribution is 6.19. The fraction of sp³-hybridized carbons (Fsp3) is 0.192. The highest BCUT2D eigenvalue weighted by Crippen LogP contribution is 2.33. The van der Waals surface area contributed by atoms with Crippen molar-refractivity contribution in [3.63, 3.8) is 0 Å². The smallest absolute Gasteiger partial charge is 0.244 e. The Balaban J connectivity index is 1.60. The third kappa shape index (κ3) is 4.54.